The Hall–Kier alpha value is -3.37. The number of carbonyl (C=O) groups excluding carboxylic acids is 1. The second kappa shape index (κ2) is 10.9. The van der Waals surface area contributed by atoms with Gasteiger partial charge in [-0.2, -0.15) is 0 Å². The molecule has 0 unspecified atom stereocenters. The molecule has 12 heteroatoms. The number of rotatable bonds is 9. The fourth-order valence-corrected chi connectivity index (χ4v) is 3.93. The maximum atomic E-state index is 13.1. The van der Waals surface area contributed by atoms with E-state index >= 15 is 0 Å². The van der Waals surface area contributed by atoms with Crippen LogP contribution in [0.15, 0.2) is 53.3 Å². The maximum absolute atomic E-state index is 13.1. The predicted molar refractivity (Wildman–Crippen MR) is 127 cm³/mol. The van der Waals surface area contributed by atoms with Crippen LogP contribution in [0.4, 0.5) is 4.39 Å². The van der Waals surface area contributed by atoms with Crippen molar-refractivity contribution in [2.24, 2.45) is 7.05 Å². The minimum Gasteiger partial charge on any atom is -0.501 e. The quantitative estimate of drug-likeness (QED) is 0.323. The van der Waals surface area contributed by atoms with Crippen LogP contribution in [0.25, 0.3) is 11.4 Å². The first-order chi connectivity index (χ1) is 16.4. The summed E-state index contributed by atoms with van der Waals surface area (Å²) in [6.45, 7) is 0.713. The average molecular weight is 504 g/mol. The van der Waals surface area contributed by atoms with E-state index in [2.05, 4.69) is 10.3 Å². The van der Waals surface area contributed by atoms with Gasteiger partial charge >= 0.3 is 7.60 Å². The smallest absolute Gasteiger partial charge is 0.326 e. The molecule has 1 heterocycles. The van der Waals surface area contributed by atoms with Gasteiger partial charge in [-0.05, 0) is 30.3 Å². The van der Waals surface area contributed by atoms with E-state index in [1.807, 2.05) is 0 Å². The van der Waals surface area contributed by atoms with E-state index in [0.29, 0.717) is 17.7 Å². The number of carbonyl (C=O) groups is 1. The lowest BCUT2D eigenvalue weighted by atomic mass is 10.1. The number of aromatic nitrogens is 2. The molecule has 0 atom stereocenters. The van der Waals surface area contributed by atoms with Gasteiger partial charge in [0.25, 0.3) is 11.5 Å². The first kappa shape index (κ1) is 26.2. The molecule has 0 saturated heterocycles. The molecule has 0 spiro atoms. The van der Waals surface area contributed by atoms with Gasteiger partial charge in [0.05, 0.1) is 6.16 Å². The summed E-state index contributed by atoms with van der Waals surface area (Å²) in [6, 6.07) is 12.5. The number of amides is 1. The number of benzene rings is 2. The second-order valence-electron chi connectivity index (χ2n) is 8.13. The number of aromatic hydroxyl groups is 1. The normalized spacial score (nSPS) is 11.6. The van der Waals surface area contributed by atoms with Crippen LogP contribution in [-0.4, -0.2) is 55.0 Å². The van der Waals surface area contributed by atoms with E-state index in [1.165, 1.54) is 31.3 Å². The lowest BCUT2D eigenvalue weighted by Crippen LogP contribution is -2.29. The van der Waals surface area contributed by atoms with Gasteiger partial charge in [0.1, 0.15) is 11.6 Å². The van der Waals surface area contributed by atoms with Crippen molar-refractivity contribution in [1.29, 1.82) is 0 Å². The molecule has 35 heavy (non-hydrogen) atoms. The lowest BCUT2D eigenvalue weighted by Gasteiger charge is -2.17. The number of hydrogen-bond donors (Lipinski definition) is 4. The summed E-state index contributed by atoms with van der Waals surface area (Å²) in [4.78, 5) is 49.2. The van der Waals surface area contributed by atoms with Gasteiger partial charge in [-0.15, -0.1) is 0 Å². The van der Waals surface area contributed by atoms with Gasteiger partial charge in [0.15, 0.2) is 5.69 Å². The molecule has 186 valence electrons. The number of nitrogens with zero attached hydrogens (tertiary/aromatic N) is 3. The van der Waals surface area contributed by atoms with Crippen LogP contribution in [0.3, 0.4) is 0 Å². The van der Waals surface area contributed by atoms with Crippen molar-refractivity contribution < 1.29 is 28.6 Å². The first-order valence-corrected chi connectivity index (χ1v) is 12.4. The first-order valence-electron chi connectivity index (χ1n) is 10.6. The summed E-state index contributed by atoms with van der Waals surface area (Å²) < 4.78 is 25.2. The Morgan fingerprint density at radius 1 is 1.11 bits per heavy atom. The van der Waals surface area contributed by atoms with Crippen LogP contribution < -0.4 is 10.9 Å². The van der Waals surface area contributed by atoms with Gasteiger partial charge in [-0.3, -0.25) is 18.7 Å². The van der Waals surface area contributed by atoms with Gasteiger partial charge in [0.2, 0.25) is 5.75 Å². The minimum atomic E-state index is -4.07. The summed E-state index contributed by atoms with van der Waals surface area (Å²) in [5.41, 5.74) is 0.807. The summed E-state index contributed by atoms with van der Waals surface area (Å²) in [5, 5.41) is 12.8. The zero-order chi connectivity index (χ0) is 25.8. The van der Waals surface area contributed by atoms with Crippen molar-refractivity contribution in [1.82, 2.24) is 19.8 Å². The Bertz CT molecular complexity index is 1310. The summed E-state index contributed by atoms with van der Waals surface area (Å²) in [6.07, 6.45) is -0.243. The number of nitrogens with one attached hydrogen (secondary N) is 1. The van der Waals surface area contributed by atoms with E-state index < -0.39 is 36.3 Å². The molecular formula is C23H26FN4O6P. The van der Waals surface area contributed by atoms with Crippen molar-refractivity contribution in [3.8, 4) is 17.1 Å². The standard InChI is InChI=1S/C23H26FN4O6P/c1-27(11-12-35(32,33)34)14-16-3-7-17(8-4-16)21-26-19(20(29)23(31)28(21)2)22(30)25-13-15-5-9-18(24)10-6-15/h3-10,29H,11-14H2,1-2H3,(H,25,30)(H2,32,33,34). The van der Waals surface area contributed by atoms with Crippen LogP contribution in [0.2, 0.25) is 0 Å². The van der Waals surface area contributed by atoms with Crippen molar-refractivity contribution in [3.05, 3.63) is 81.5 Å². The topological polar surface area (TPSA) is 145 Å². The van der Waals surface area contributed by atoms with Gasteiger partial charge in [0, 0.05) is 32.2 Å². The van der Waals surface area contributed by atoms with Crippen LogP contribution >= 0.6 is 7.60 Å². The highest BCUT2D eigenvalue weighted by atomic mass is 31.2. The molecule has 1 aromatic heterocycles. The monoisotopic (exact) mass is 504 g/mol. The third-order valence-corrected chi connectivity index (χ3v) is 6.07. The van der Waals surface area contributed by atoms with Gasteiger partial charge in [-0.25, -0.2) is 9.37 Å². The third-order valence-electron chi connectivity index (χ3n) is 5.29. The Labute approximate surface area is 200 Å². The van der Waals surface area contributed by atoms with E-state index in [1.54, 1.807) is 36.2 Å². The SMILES string of the molecule is CN(CCP(=O)(O)O)Cc1ccc(-c2nc(C(=O)NCc3ccc(F)cc3)c(O)c(=O)n2C)cc1. The molecule has 0 fully saturated rings. The third kappa shape index (κ3) is 7.06. The molecule has 4 N–H and O–H groups in total. The highest BCUT2D eigenvalue weighted by molar-refractivity contribution is 7.51. The number of halogens is 1. The molecule has 3 aromatic rings. The number of hydrogen-bond acceptors (Lipinski definition) is 6. The molecule has 1 amide bonds. The molecular weight excluding hydrogens is 478 g/mol. The molecule has 0 bridgehead atoms. The second-order valence-corrected chi connectivity index (χ2v) is 9.91. The predicted octanol–water partition coefficient (Wildman–Crippen LogP) is 1.83. The lowest BCUT2D eigenvalue weighted by molar-refractivity contribution is 0.0942. The molecule has 0 radical (unpaired) electrons. The van der Waals surface area contributed by atoms with Crippen LogP contribution in [-0.2, 0) is 24.7 Å². The fourth-order valence-electron chi connectivity index (χ4n) is 3.33. The van der Waals surface area contributed by atoms with Crippen molar-refractivity contribution in [3.63, 3.8) is 0 Å². The van der Waals surface area contributed by atoms with Gasteiger partial charge < -0.3 is 25.1 Å². The van der Waals surface area contributed by atoms with Crippen LogP contribution in [0.5, 0.6) is 5.75 Å². The Kier molecular flexibility index (Phi) is 8.18. The summed E-state index contributed by atoms with van der Waals surface area (Å²) >= 11 is 0. The average Bonchev–Trinajstić information content (AvgIpc) is 2.81. The Morgan fingerprint density at radius 3 is 2.31 bits per heavy atom. The van der Waals surface area contributed by atoms with Crippen molar-refractivity contribution in [2.75, 3.05) is 19.8 Å². The molecule has 2 aromatic carbocycles. The zero-order valence-corrected chi connectivity index (χ0v) is 20.1. The fraction of sp³-hybridized carbons (Fsp3) is 0.261. The van der Waals surface area contributed by atoms with Gasteiger partial charge in [-0.1, -0.05) is 36.4 Å². The molecule has 0 saturated carbocycles. The van der Waals surface area contributed by atoms with Crippen molar-refractivity contribution >= 4 is 13.5 Å². The minimum absolute atomic E-state index is 0.0506. The largest absolute Gasteiger partial charge is 0.501 e. The molecule has 0 aliphatic rings. The molecule has 3 rings (SSSR count). The van der Waals surface area contributed by atoms with E-state index in [0.717, 1.165) is 10.1 Å². The highest BCUT2D eigenvalue weighted by Gasteiger charge is 2.21. The molecule has 0 aliphatic heterocycles. The van der Waals surface area contributed by atoms with Crippen LogP contribution in [0.1, 0.15) is 21.6 Å². The van der Waals surface area contributed by atoms with E-state index in [9.17, 15) is 23.7 Å². The molecule has 10 nitrogen and oxygen atoms in total. The summed E-state index contributed by atoms with van der Waals surface area (Å²) in [7, 11) is -0.908. The highest BCUT2D eigenvalue weighted by Crippen LogP contribution is 2.33. The van der Waals surface area contributed by atoms with Crippen LogP contribution in [0, 0.1) is 5.82 Å². The Morgan fingerprint density at radius 2 is 1.71 bits per heavy atom. The maximum Gasteiger partial charge on any atom is 0.326 e. The van der Waals surface area contributed by atoms with E-state index in [-0.39, 0.29) is 25.1 Å². The van der Waals surface area contributed by atoms with E-state index in [4.69, 9.17) is 9.79 Å². The zero-order valence-electron chi connectivity index (χ0n) is 19.2. The molecule has 0 aliphatic carbocycles. The summed E-state index contributed by atoms with van der Waals surface area (Å²) in [5.74, 6) is -1.78. The van der Waals surface area contributed by atoms with Crippen molar-refractivity contribution in [2.45, 2.75) is 13.1 Å². The Balaban J connectivity index is 1.78.